The van der Waals surface area contributed by atoms with Crippen molar-refractivity contribution >= 4 is 35.8 Å². The third kappa shape index (κ3) is 6.52. The number of carbonyl (C=O) groups excluding carboxylic acids is 3. The molecule has 0 spiro atoms. The van der Waals surface area contributed by atoms with Crippen molar-refractivity contribution < 1.29 is 14.4 Å². The number of piperidine rings is 1. The van der Waals surface area contributed by atoms with E-state index in [0.29, 0.717) is 43.9 Å². The van der Waals surface area contributed by atoms with E-state index in [2.05, 4.69) is 10.6 Å². The van der Waals surface area contributed by atoms with Crippen LogP contribution in [0.25, 0.3) is 0 Å². The summed E-state index contributed by atoms with van der Waals surface area (Å²) >= 11 is 0. The van der Waals surface area contributed by atoms with Crippen LogP contribution in [0.5, 0.6) is 0 Å². The van der Waals surface area contributed by atoms with Gasteiger partial charge in [0, 0.05) is 32.6 Å². The van der Waals surface area contributed by atoms with Crippen LogP contribution in [0.4, 0.5) is 5.69 Å². The van der Waals surface area contributed by atoms with Gasteiger partial charge in [0.1, 0.15) is 0 Å². The van der Waals surface area contributed by atoms with E-state index in [1.165, 1.54) is 0 Å². The molecule has 0 aromatic heterocycles. The van der Waals surface area contributed by atoms with E-state index >= 15 is 0 Å². The van der Waals surface area contributed by atoms with Gasteiger partial charge in [-0.3, -0.25) is 14.4 Å². The Balaban J connectivity index is 0.00000364. The second kappa shape index (κ2) is 11.6. The van der Waals surface area contributed by atoms with Crippen molar-refractivity contribution in [1.82, 2.24) is 10.2 Å². The molecule has 1 fully saturated rings. The molecule has 4 N–H and O–H groups in total. The van der Waals surface area contributed by atoms with Crippen molar-refractivity contribution in [2.45, 2.75) is 32.6 Å². The summed E-state index contributed by atoms with van der Waals surface area (Å²) in [5.74, 6) is -0.580. The highest BCUT2D eigenvalue weighted by Crippen LogP contribution is 2.21. The molecule has 1 aliphatic rings. The maximum absolute atomic E-state index is 12.7. The summed E-state index contributed by atoms with van der Waals surface area (Å²) in [6, 6.07) is 6.89. The number of nitrogens with zero attached hydrogens (tertiary/aromatic N) is 1. The second-order valence-corrected chi connectivity index (χ2v) is 6.51. The average molecular weight is 397 g/mol. The van der Waals surface area contributed by atoms with Crippen molar-refractivity contribution in [1.29, 1.82) is 0 Å². The molecule has 0 aliphatic carbocycles. The largest absolute Gasteiger partial charge is 0.351 e. The van der Waals surface area contributed by atoms with Crippen LogP contribution in [-0.4, -0.2) is 48.8 Å². The molecular formula is C19H29ClN4O3. The van der Waals surface area contributed by atoms with E-state index in [9.17, 15) is 14.4 Å². The SMILES string of the molecule is CCCC(=O)N1CCCC(C(=O)Nc2ccccc2C(=O)NCCN)C1.Cl. The first-order valence-electron chi connectivity index (χ1n) is 9.22. The van der Waals surface area contributed by atoms with Gasteiger partial charge in [-0.2, -0.15) is 0 Å². The number of rotatable bonds is 7. The number of carbonyl (C=O) groups is 3. The molecule has 8 heteroatoms. The molecule has 1 unspecified atom stereocenters. The first-order chi connectivity index (χ1) is 12.6. The van der Waals surface area contributed by atoms with Crippen LogP contribution in [0.1, 0.15) is 43.0 Å². The van der Waals surface area contributed by atoms with E-state index in [1.54, 1.807) is 29.2 Å². The van der Waals surface area contributed by atoms with Crippen molar-refractivity contribution in [3.8, 4) is 0 Å². The fraction of sp³-hybridized carbons (Fsp3) is 0.526. The zero-order valence-electron chi connectivity index (χ0n) is 15.7. The smallest absolute Gasteiger partial charge is 0.253 e. The number of hydrogen-bond donors (Lipinski definition) is 3. The molecule has 1 aromatic rings. The number of halogens is 1. The Morgan fingerprint density at radius 1 is 1.26 bits per heavy atom. The van der Waals surface area contributed by atoms with E-state index < -0.39 is 0 Å². The zero-order valence-corrected chi connectivity index (χ0v) is 16.5. The lowest BCUT2D eigenvalue weighted by molar-refractivity contribution is -0.134. The summed E-state index contributed by atoms with van der Waals surface area (Å²) in [6.45, 7) is 3.84. The monoisotopic (exact) mass is 396 g/mol. The third-order valence-corrected chi connectivity index (χ3v) is 4.47. The molecule has 1 saturated heterocycles. The normalized spacial score (nSPS) is 16.2. The first-order valence-corrected chi connectivity index (χ1v) is 9.22. The van der Waals surface area contributed by atoms with Crippen LogP contribution < -0.4 is 16.4 Å². The van der Waals surface area contributed by atoms with Crippen LogP contribution >= 0.6 is 12.4 Å². The summed E-state index contributed by atoms with van der Waals surface area (Å²) in [5, 5.41) is 5.57. The minimum Gasteiger partial charge on any atom is -0.351 e. The summed E-state index contributed by atoms with van der Waals surface area (Å²) in [6.07, 6.45) is 2.87. The fourth-order valence-corrected chi connectivity index (χ4v) is 3.10. The fourth-order valence-electron chi connectivity index (χ4n) is 3.10. The summed E-state index contributed by atoms with van der Waals surface area (Å²) in [7, 11) is 0. The topological polar surface area (TPSA) is 105 Å². The number of likely N-dealkylation sites (tertiary alicyclic amines) is 1. The predicted octanol–water partition coefficient (Wildman–Crippen LogP) is 1.77. The molecule has 1 aliphatic heterocycles. The molecule has 0 radical (unpaired) electrons. The third-order valence-electron chi connectivity index (χ3n) is 4.47. The first kappa shape index (κ1) is 22.9. The van der Waals surface area contributed by atoms with Crippen LogP contribution in [0.2, 0.25) is 0 Å². The zero-order chi connectivity index (χ0) is 18.9. The van der Waals surface area contributed by atoms with Gasteiger partial charge < -0.3 is 21.3 Å². The van der Waals surface area contributed by atoms with Crippen molar-refractivity contribution in [2.24, 2.45) is 11.7 Å². The number of benzene rings is 1. The van der Waals surface area contributed by atoms with Crippen LogP contribution in [-0.2, 0) is 9.59 Å². The number of nitrogens with two attached hydrogens (primary N) is 1. The molecule has 150 valence electrons. The van der Waals surface area contributed by atoms with Crippen molar-refractivity contribution in [3.63, 3.8) is 0 Å². The van der Waals surface area contributed by atoms with E-state index in [0.717, 1.165) is 19.3 Å². The molecule has 0 saturated carbocycles. The summed E-state index contributed by atoms with van der Waals surface area (Å²) in [5.41, 5.74) is 6.30. The quantitative estimate of drug-likeness (QED) is 0.653. The molecular weight excluding hydrogens is 368 g/mol. The molecule has 27 heavy (non-hydrogen) atoms. The molecule has 2 rings (SSSR count). The molecule has 7 nitrogen and oxygen atoms in total. The lowest BCUT2D eigenvalue weighted by atomic mass is 9.96. The number of nitrogens with one attached hydrogen (secondary N) is 2. The van der Waals surface area contributed by atoms with Gasteiger partial charge in [-0.1, -0.05) is 19.1 Å². The van der Waals surface area contributed by atoms with Crippen molar-refractivity contribution in [2.75, 3.05) is 31.5 Å². The van der Waals surface area contributed by atoms with Gasteiger partial charge in [0.2, 0.25) is 11.8 Å². The number of hydrogen-bond acceptors (Lipinski definition) is 4. The molecule has 1 heterocycles. The van der Waals surface area contributed by atoms with Gasteiger partial charge in [0.25, 0.3) is 5.91 Å². The molecule has 0 bridgehead atoms. The van der Waals surface area contributed by atoms with Gasteiger partial charge in [0.05, 0.1) is 17.2 Å². The van der Waals surface area contributed by atoms with E-state index in [-0.39, 0.29) is 36.0 Å². The lowest BCUT2D eigenvalue weighted by Crippen LogP contribution is -2.43. The molecule has 1 atom stereocenters. The van der Waals surface area contributed by atoms with Crippen LogP contribution in [0.3, 0.4) is 0 Å². The predicted molar refractivity (Wildman–Crippen MR) is 108 cm³/mol. The maximum Gasteiger partial charge on any atom is 0.253 e. The highest BCUT2D eigenvalue weighted by Gasteiger charge is 2.28. The molecule has 3 amide bonds. The number of anilines is 1. The van der Waals surface area contributed by atoms with Gasteiger partial charge in [-0.25, -0.2) is 0 Å². The average Bonchev–Trinajstić information content (AvgIpc) is 2.66. The van der Waals surface area contributed by atoms with E-state index in [1.807, 2.05) is 6.92 Å². The van der Waals surface area contributed by atoms with Gasteiger partial charge in [0.15, 0.2) is 0 Å². The Morgan fingerprint density at radius 3 is 2.70 bits per heavy atom. The Morgan fingerprint density at radius 2 is 2.00 bits per heavy atom. The Bertz CT molecular complexity index is 654. The Kier molecular flexibility index (Phi) is 9.82. The van der Waals surface area contributed by atoms with Crippen LogP contribution in [0, 0.1) is 5.92 Å². The lowest BCUT2D eigenvalue weighted by Gasteiger charge is -2.32. The van der Waals surface area contributed by atoms with Crippen molar-refractivity contribution in [3.05, 3.63) is 29.8 Å². The number of amides is 3. The Labute approximate surface area is 166 Å². The highest BCUT2D eigenvalue weighted by molar-refractivity contribution is 6.04. The summed E-state index contributed by atoms with van der Waals surface area (Å²) in [4.78, 5) is 38.8. The molecule has 1 aromatic carbocycles. The maximum atomic E-state index is 12.7. The standard InChI is InChI=1S/C19H28N4O3.ClH/c1-2-6-17(24)23-12-5-7-14(13-23)18(25)22-16-9-4-3-8-15(16)19(26)21-11-10-20;/h3-4,8-9,14H,2,5-7,10-13,20H2,1H3,(H,21,26)(H,22,25);1H. The highest BCUT2D eigenvalue weighted by atomic mass is 35.5. The summed E-state index contributed by atoms with van der Waals surface area (Å²) < 4.78 is 0. The second-order valence-electron chi connectivity index (χ2n) is 6.51. The minimum absolute atomic E-state index is 0. The number of para-hydroxylation sites is 1. The Hall–Kier alpha value is -2.12. The van der Waals surface area contributed by atoms with Gasteiger partial charge >= 0.3 is 0 Å². The van der Waals surface area contributed by atoms with E-state index in [4.69, 9.17) is 5.73 Å². The van der Waals surface area contributed by atoms with Gasteiger partial charge in [-0.15, -0.1) is 12.4 Å². The van der Waals surface area contributed by atoms with Crippen LogP contribution in [0.15, 0.2) is 24.3 Å². The van der Waals surface area contributed by atoms with Gasteiger partial charge in [-0.05, 0) is 31.4 Å². The minimum atomic E-state index is -0.269.